The minimum atomic E-state index is -0.145. The zero-order chi connectivity index (χ0) is 32.0. The zero-order valence-corrected chi connectivity index (χ0v) is 29.3. The first-order chi connectivity index (χ1) is 21.7. The molecule has 0 amide bonds. The molecule has 0 aliphatic carbocycles. The van der Waals surface area contributed by atoms with Gasteiger partial charge in [-0.2, -0.15) is 0 Å². The molecule has 0 unspecified atom stereocenters. The summed E-state index contributed by atoms with van der Waals surface area (Å²) in [5, 5.41) is 0. The molecule has 0 heterocycles. The Labute approximate surface area is 273 Å². The largest absolute Gasteiger partial charge is 0.461 e. The van der Waals surface area contributed by atoms with Gasteiger partial charge in [-0.05, 0) is 76.4 Å². The van der Waals surface area contributed by atoms with E-state index < -0.39 is 0 Å². The van der Waals surface area contributed by atoms with Gasteiger partial charge in [-0.25, -0.2) is 0 Å². The van der Waals surface area contributed by atoms with Crippen molar-refractivity contribution in [3.63, 3.8) is 0 Å². The summed E-state index contributed by atoms with van der Waals surface area (Å²) in [4.78, 5) is 23.8. The molecule has 256 valence electrons. The molecular weight excluding hydrogens is 544 g/mol. The lowest BCUT2D eigenvalue weighted by atomic mass is 10.1. The summed E-state index contributed by atoms with van der Waals surface area (Å²) in [7, 11) is 0. The Morgan fingerprint density at radius 1 is 0.364 bits per heavy atom. The van der Waals surface area contributed by atoms with E-state index in [2.05, 4.69) is 38.2 Å². The van der Waals surface area contributed by atoms with Crippen LogP contribution in [0.5, 0.6) is 0 Å². The normalized spacial score (nSPS) is 11.8. The van der Waals surface area contributed by atoms with Gasteiger partial charge < -0.3 is 9.47 Å². The molecule has 0 saturated carbocycles. The van der Waals surface area contributed by atoms with Gasteiger partial charge in [-0.15, -0.1) is 0 Å². The van der Waals surface area contributed by atoms with Crippen molar-refractivity contribution >= 4 is 11.9 Å². The standard InChI is InChI=1S/C40H72O4/c1-3-5-7-9-11-13-15-17-19-21-23-25-27-29-31-35-39(41)43-37-33-34-38-44-40(42)36-32-30-28-26-24-22-20-18-16-14-12-10-8-6-4-2/h17-20,33-34H,3-16,21-32,35-38H2,1-2H3/b19-17+,20-18+,34-33+. The monoisotopic (exact) mass is 617 g/mol. The van der Waals surface area contributed by atoms with Crippen LogP contribution in [0.25, 0.3) is 0 Å². The van der Waals surface area contributed by atoms with Crippen LogP contribution in [-0.2, 0) is 19.1 Å². The lowest BCUT2D eigenvalue weighted by molar-refractivity contribution is -0.143. The van der Waals surface area contributed by atoms with Crippen molar-refractivity contribution in [3.8, 4) is 0 Å². The summed E-state index contributed by atoms with van der Waals surface area (Å²) in [6, 6.07) is 0. The molecular formula is C40H72O4. The van der Waals surface area contributed by atoms with Crippen molar-refractivity contribution in [2.45, 2.75) is 194 Å². The first-order valence-corrected chi connectivity index (χ1v) is 19.0. The zero-order valence-electron chi connectivity index (χ0n) is 29.3. The van der Waals surface area contributed by atoms with Crippen molar-refractivity contribution in [2.75, 3.05) is 13.2 Å². The summed E-state index contributed by atoms with van der Waals surface area (Å²) in [5.74, 6) is -0.290. The number of hydrogen-bond acceptors (Lipinski definition) is 4. The molecule has 0 fully saturated rings. The van der Waals surface area contributed by atoms with E-state index in [1.807, 2.05) is 0 Å². The minimum absolute atomic E-state index is 0.145. The maximum atomic E-state index is 11.9. The second-order valence-electron chi connectivity index (χ2n) is 12.5. The minimum Gasteiger partial charge on any atom is -0.461 e. The van der Waals surface area contributed by atoms with Gasteiger partial charge in [-0.1, -0.05) is 141 Å². The van der Waals surface area contributed by atoms with Crippen molar-refractivity contribution in [2.24, 2.45) is 0 Å². The van der Waals surface area contributed by atoms with Crippen LogP contribution in [0.1, 0.15) is 194 Å². The summed E-state index contributed by atoms with van der Waals surface area (Å²) in [6.45, 7) is 5.02. The van der Waals surface area contributed by atoms with E-state index in [1.165, 1.54) is 141 Å². The van der Waals surface area contributed by atoms with E-state index in [-0.39, 0.29) is 25.2 Å². The third-order valence-corrected chi connectivity index (χ3v) is 8.13. The molecule has 0 atom stereocenters. The number of hydrogen-bond donors (Lipinski definition) is 0. The summed E-state index contributed by atoms with van der Waals surface area (Å²) >= 11 is 0. The lowest BCUT2D eigenvalue weighted by Gasteiger charge is -2.03. The molecule has 4 heteroatoms. The first kappa shape index (κ1) is 42.2. The Morgan fingerprint density at radius 3 is 0.955 bits per heavy atom. The molecule has 44 heavy (non-hydrogen) atoms. The third-order valence-electron chi connectivity index (χ3n) is 8.13. The molecule has 0 radical (unpaired) electrons. The summed E-state index contributed by atoms with van der Waals surface area (Å²) in [5.41, 5.74) is 0. The number of rotatable bonds is 34. The number of unbranched alkanes of at least 4 members (excludes halogenated alkanes) is 22. The van der Waals surface area contributed by atoms with E-state index in [0.717, 1.165) is 25.7 Å². The van der Waals surface area contributed by atoms with Crippen molar-refractivity contribution in [1.82, 2.24) is 0 Å². The van der Waals surface area contributed by atoms with Gasteiger partial charge in [0, 0.05) is 12.8 Å². The smallest absolute Gasteiger partial charge is 0.306 e. The molecule has 0 aromatic rings. The van der Waals surface area contributed by atoms with Crippen LogP contribution in [0.15, 0.2) is 36.5 Å². The van der Waals surface area contributed by atoms with Crippen LogP contribution in [-0.4, -0.2) is 25.2 Å². The fourth-order valence-electron chi connectivity index (χ4n) is 5.24. The fraction of sp³-hybridized carbons (Fsp3) is 0.800. The van der Waals surface area contributed by atoms with Crippen LogP contribution >= 0.6 is 0 Å². The third kappa shape index (κ3) is 36.4. The molecule has 0 rings (SSSR count). The maximum absolute atomic E-state index is 11.9. The topological polar surface area (TPSA) is 52.6 Å². The average Bonchev–Trinajstić information content (AvgIpc) is 3.02. The second kappa shape index (κ2) is 37.3. The lowest BCUT2D eigenvalue weighted by Crippen LogP contribution is -2.05. The Kier molecular flexibility index (Phi) is 35.8. The van der Waals surface area contributed by atoms with Crippen LogP contribution in [0.3, 0.4) is 0 Å². The highest BCUT2D eigenvalue weighted by atomic mass is 16.5. The number of esters is 2. The van der Waals surface area contributed by atoms with Crippen LogP contribution in [0, 0.1) is 0 Å². The molecule has 0 bridgehead atoms. The highest BCUT2D eigenvalue weighted by molar-refractivity contribution is 5.69. The Balaban J connectivity index is 3.39. The molecule has 0 aromatic heterocycles. The van der Waals surface area contributed by atoms with E-state index in [4.69, 9.17) is 9.47 Å². The molecule has 0 aliphatic heterocycles. The van der Waals surface area contributed by atoms with Gasteiger partial charge in [-0.3, -0.25) is 9.59 Å². The van der Waals surface area contributed by atoms with Crippen molar-refractivity contribution in [3.05, 3.63) is 36.5 Å². The Bertz CT molecular complexity index is 635. The van der Waals surface area contributed by atoms with Crippen molar-refractivity contribution < 1.29 is 19.1 Å². The van der Waals surface area contributed by atoms with Gasteiger partial charge in [0.15, 0.2) is 0 Å². The van der Waals surface area contributed by atoms with E-state index >= 15 is 0 Å². The van der Waals surface area contributed by atoms with Crippen LogP contribution in [0.2, 0.25) is 0 Å². The fourth-order valence-corrected chi connectivity index (χ4v) is 5.24. The van der Waals surface area contributed by atoms with Gasteiger partial charge in [0.05, 0.1) is 0 Å². The number of ether oxygens (including phenoxy) is 2. The number of carbonyl (C=O) groups is 2. The molecule has 0 N–H and O–H groups in total. The van der Waals surface area contributed by atoms with E-state index in [1.54, 1.807) is 12.2 Å². The number of carbonyl (C=O) groups excluding carboxylic acids is 2. The van der Waals surface area contributed by atoms with Gasteiger partial charge in [0.1, 0.15) is 13.2 Å². The molecule has 0 aliphatic rings. The van der Waals surface area contributed by atoms with Gasteiger partial charge >= 0.3 is 11.9 Å². The Morgan fingerprint density at radius 2 is 0.636 bits per heavy atom. The second-order valence-corrected chi connectivity index (χ2v) is 12.5. The Hall–Kier alpha value is -1.84. The molecule has 0 spiro atoms. The highest BCUT2D eigenvalue weighted by Crippen LogP contribution is 2.12. The molecule has 4 nitrogen and oxygen atoms in total. The van der Waals surface area contributed by atoms with E-state index in [0.29, 0.717) is 12.8 Å². The predicted octanol–water partition coefficient (Wildman–Crippen LogP) is 12.7. The molecule has 0 aromatic carbocycles. The summed E-state index contributed by atoms with van der Waals surface area (Å²) in [6.07, 6.45) is 46.3. The maximum Gasteiger partial charge on any atom is 0.306 e. The number of allylic oxidation sites excluding steroid dienone is 4. The summed E-state index contributed by atoms with van der Waals surface area (Å²) < 4.78 is 10.5. The van der Waals surface area contributed by atoms with Gasteiger partial charge in [0.25, 0.3) is 0 Å². The highest BCUT2D eigenvalue weighted by Gasteiger charge is 2.03. The average molecular weight is 617 g/mol. The van der Waals surface area contributed by atoms with Crippen LogP contribution < -0.4 is 0 Å². The first-order valence-electron chi connectivity index (χ1n) is 19.0. The predicted molar refractivity (Wildman–Crippen MR) is 190 cm³/mol. The molecule has 0 saturated heterocycles. The van der Waals surface area contributed by atoms with Crippen molar-refractivity contribution in [1.29, 1.82) is 0 Å². The van der Waals surface area contributed by atoms with Gasteiger partial charge in [0.2, 0.25) is 0 Å². The van der Waals surface area contributed by atoms with E-state index in [9.17, 15) is 9.59 Å². The SMILES string of the molecule is CCCCCCCC/C=C/CCCCCCCC(=O)OC/C=C/COC(=O)CCCCCCC/C=C/CCCCCCCC. The quantitative estimate of drug-likeness (QED) is 0.0410. The van der Waals surface area contributed by atoms with Crippen LogP contribution in [0.4, 0.5) is 0 Å².